The smallest absolute Gasteiger partial charge is 0.190 e. The molecule has 0 amide bonds. The van der Waals surface area contributed by atoms with E-state index in [-0.39, 0.29) is 5.82 Å². The van der Waals surface area contributed by atoms with Crippen molar-refractivity contribution >= 4 is 17.0 Å². The largest absolute Gasteiger partial charge is 0.337 e. The lowest BCUT2D eigenvalue weighted by molar-refractivity contribution is 0.559. The number of thiazole rings is 1. The Hall–Kier alpha value is -2.99. The molecule has 0 radical (unpaired) electrons. The van der Waals surface area contributed by atoms with Crippen molar-refractivity contribution in [2.75, 3.05) is 0 Å². The molecule has 2 aromatic carbocycles. The van der Waals surface area contributed by atoms with Crippen LogP contribution < -0.4 is 4.80 Å². The molecule has 28 heavy (non-hydrogen) atoms. The number of aromatic nitrogens is 3. The third-order valence-electron chi connectivity index (χ3n) is 4.63. The van der Waals surface area contributed by atoms with Crippen LogP contribution in [0, 0.1) is 12.7 Å². The number of para-hydroxylation sites is 1. The Kier molecular flexibility index (Phi) is 5.48. The first-order valence-corrected chi connectivity index (χ1v) is 10.1. The second-order valence-corrected chi connectivity index (χ2v) is 7.45. The fourth-order valence-corrected chi connectivity index (χ4v) is 4.06. The van der Waals surface area contributed by atoms with Crippen LogP contribution in [0.1, 0.15) is 12.0 Å². The number of rotatable bonds is 6. The van der Waals surface area contributed by atoms with E-state index in [0.29, 0.717) is 0 Å². The lowest BCUT2D eigenvalue weighted by Gasteiger charge is -2.10. The summed E-state index contributed by atoms with van der Waals surface area (Å²) in [5, 5.41) is 2.10. The van der Waals surface area contributed by atoms with E-state index < -0.39 is 0 Å². The number of aryl methyl sites for hydroxylation is 2. The van der Waals surface area contributed by atoms with Crippen LogP contribution in [0.5, 0.6) is 0 Å². The fraction of sp³-hybridized carbons (Fsp3) is 0.182. The number of benzene rings is 2. The SMILES string of the molecule is Cc1ccccc1N=c1scc(-c2ccc(F)cc2)n1CCCn1ccnc1. The van der Waals surface area contributed by atoms with Gasteiger partial charge in [-0.25, -0.2) is 14.4 Å². The molecular formula is C22H21FN4S. The summed E-state index contributed by atoms with van der Waals surface area (Å²) in [5.41, 5.74) is 4.16. The van der Waals surface area contributed by atoms with Crippen LogP contribution in [0.4, 0.5) is 10.1 Å². The van der Waals surface area contributed by atoms with Crippen molar-refractivity contribution in [3.05, 3.63) is 88.8 Å². The molecule has 4 rings (SSSR count). The molecule has 0 unspecified atom stereocenters. The van der Waals surface area contributed by atoms with Crippen molar-refractivity contribution in [1.29, 1.82) is 0 Å². The van der Waals surface area contributed by atoms with Crippen molar-refractivity contribution in [2.24, 2.45) is 4.99 Å². The van der Waals surface area contributed by atoms with Gasteiger partial charge in [0, 0.05) is 30.9 Å². The predicted octanol–water partition coefficient (Wildman–Crippen LogP) is 5.18. The monoisotopic (exact) mass is 392 g/mol. The van der Waals surface area contributed by atoms with Crippen molar-refractivity contribution in [3.8, 4) is 11.3 Å². The van der Waals surface area contributed by atoms with Gasteiger partial charge in [-0.15, -0.1) is 11.3 Å². The topological polar surface area (TPSA) is 35.1 Å². The van der Waals surface area contributed by atoms with Gasteiger partial charge in [0.25, 0.3) is 0 Å². The van der Waals surface area contributed by atoms with Crippen LogP contribution in [-0.2, 0) is 13.1 Å². The standard InChI is InChI=1S/C22H21FN4S/c1-17-5-2-3-6-20(17)25-22-27(13-4-12-26-14-11-24-16-26)21(15-28-22)18-7-9-19(23)10-8-18/h2-3,5-11,14-16H,4,12-13H2,1H3. The molecule has 142 valence electrons. The predicted molar refractivity (Wildman–Crippen MR) is 111 cm³/mol. The molecule has 4 aromatic rings. The van der Waals surface area contributed by atoms with Crippen LogP contribution in [0.15, 0.2) is 77.6 Å². The van der Waals surface area contributed by atoms with Crippen LogP contribution in [0.25, 0.3) is 11.3 Å². The number of hydrogen-bond donors (Lipinski definition) is 0. The highest BCUT2D eigenvalue weighted by atomic mass is 32.1. The van der Waals surface area contributed by atoms with Crippen LogP contribution >= 0.6 is 11.3 Å². The van der Waals surface area contributed by atoms with Crippen LogP contribution in [0.2, 0.25) is 0 Å². The van der Waals surface area contributed by atoms with Gasteiger partial charge in [0.2, 0.25) is 0 Å². The summed E-state index contributed by atoms with van der Waals surface area (Å²) in [6.07, 6.45) is 6.54. The Morgan fingerprint density at radius 3 is 2.64 bits per heavy atom. The van der Waals surface area contributed by atoms with Gasteiger partial charge in [-0.1, -0.05) is 18.2 Å². The van der Waals surface area contributed by atoms with Gasteiger partial charge in [0.15, 0.2) is 4.80 Å². The number of hydrogen-bond acceptors (Lipinski definition) is 3. The summed E-state index contributed by atoms with van der Waals surface area (Å²) in [4.78, 5) is 9.95. The number of imidazole rings is 1. The van der Waals surface area contributed by atoms with E-state index in [4.69, 9.17) is 4.99 Å². The maximum atomic E-state index is 13.4. The summed E-state index contributed by atoms with van der Waals surface area (Å²) in [6, 6.07) is 14.8. The normalized spacial score (nSPS) is 11.9. The third-order valence-corrected chi connectivity index (χ3v) is 5.49. The van der Waals surface area contributed by atoms with Crippen molar-refractivity contribution < 1.29 is 4.39 Å². The third kappa shape index (κ3) is 4.12. The minimum absolute atomic E-state index is 0.226. The average Bonchev–Trinajstić information content (AvgIpc) is 3.35. The zero-order valence-electron chi connectivity index (χ0n) is 15.6. The lowest BCUT2D eigenvalue weighted by atomic mass is 10.1. The molecule has 6 heteroatoms. The van der Waals surface area contributed by atoms with E-state index >= 15 is 0 Å². The summed E-state index contributed by atoms with van der Waals surface area (Å²) in [6.45, 7) is 3.77. The molecule has 0 aliphatic heterocycles. The van der Waals surface area contributed by atoms with Crippen molar-refractivity contribution in [1.82, 2.24) is 14.1 Å². The lowest BCUT2D eigenvalue weighted by Crippen LogP contribution is -2.17. The molecule has 4 nitrogen and oxygen atoms in total. The molecule has 0 aliphatic rings. The van der Waals surface area contributed by atoms with Gasteiger partial charge in [-0.3, -0.25) is 0 Å². The van der Waals surface area contributed by atoms with Gasteiger partial charge in [-0.05, 0) is 54.8 Å². The first-order valence-electron chi connectivity index (χ1n) is 9.21. The molecular weight excluding hydrogens is 371 g/mol. The number of nitrogens with zero attached hydrogens (tertiary/aromatic N) is 4. The van der Waals surface area contributed by atoms with Crippen LogP contribution in [0.3, 0.4) is 0 Å². The molecule has 2 aromatic heterocycles. The highest BCUT2D eigenvalue weighted by Crippen LogP contribution is 2.22. The van der Waals surface area contributed by atoms with Gasteiger partial charge in [-0.2, -0.15) is 0 Å². The van der Waals surface area contributed by atoms with Crippen molar-refractivity contribution in [2.45, 2.75) is 26.4 Å². The molecule has 0 atom stereocenters. The van der Waals surface area contributed by atoms with Gasteiger partial charge < -0.3 is 9.13 Å². The molecule has 2 heterocycles. The summed E-state index contributed by atoms with van der Waals surface area (Å²) in [7, 11) is 0. The maximum Gasteiger partial charge on any atom is 0.190 e. The Balaban J connectivity index is 1.71. The maximum absolute atomic E-state index is 13.4. The highest BCUT2D eigenvalue weighted by Gasteiger charge is 2.09. The van der Waals surface area contributed by atoms with E-state index in [1.165, 1.54) is 12.1 Å². The van der Waals surface area contributed by atoms with E-state index in [1.54, 1.807) is 17.5 Å². The Morgan fingerprint density at radius 2 is 1.89 bits per heavy atom. The zero-order valence-corrected chi connectivity index (χ0v) is 16.4. The molecule has 0 aliphatic carbocycles. The minimum atomic E-state index is -0.226. The first kappa shape index (κ1) is 18.4. The number of halogens is 1. The summed E-state index contributed by atoms with van der Waals surface area (Å²) >= 11 is 1.61. The van der Waals surface area contributed by atoms with Crippen LogP contribution in [-0.4, -0.2) is 14.1 Å². The van der Waals surface area contributed by atoms with E-state index in [2.05, 4.69) is 32.5 Å². The molecule has 0 bridgehead atoms. The van der Waals surface area contributed by atoms with E-state index in [9.17, 15) is 4.39 Å². The molecule has 0 saturated carbocycles. The van der Waals surface area contributed by atoms with E-state index in [0.717, 1.165) is 46.8 Å². The summed E-state index contributed by atoms with van der Waals surface area (Å²) in [5.74, 6) is -0.226. The Labute approximate surface area is 167 Å². The van der Waals surface area contributed by atoms with Gasteiger partial charge in [0.05, 0.1) is 17.7 Å². The first-order chi connectivity index (χ1) is 13.7. The Bertz CT molecular complexity index is 1110. The van der Waals surface area contributed by atoms with Crippen molar-refractivity contribution in [3.63, 3.8) is 0 Å². The van der Waals surface area contributed by atoms with Gasteiger partial charge in [0.1, 0.15) is 5.82 Å². The quantitative estimate of drug-likeness (QED) is 0.445. The zero-order chi connectivity index (χ0) is 19.3. The second-order valence-electron chi connectivity index (χ2n) is 6.61. The van der Waals surface area contributed by atoms with Gasteiger partial charge >= 0.3 is 0 Å². The van der Waals surface area contributed by atoms with E-state index in [1.807, 2.05) is 42.9 Å². The molecule has 0 spiro atoms. The molecule has 0 N–H and O–H groups in total. The fourth-order valence-electron chi connectivity index (χ4n) is 3.11. The summed E-state index contributed by atoms with van der Waals surface area (Å²) < 4.78 is 17.7. The highest BCUT2D eigenvalue weighted by molar-refractivity contribution is 7.07. The average molecular weight is 393 g/mol. The minimum Gasteiger partial charge on any atom is -0.337 e. The molecule has 0 saturated heterocycles. The Morgan fingerprint density at radius 1 is 1.07 bits per heavy atom. The molecule has 0 fully saturated rings. The second kappa shape index (κ2) is 8.35.